The summed E-state index contributed by atoms with van der Waals surface area (Å²) in [7, 11) is 0. The predicted octanol–water partition coefficient (Wildman–Crippen LogP) is 6.49. The Morgan fingerprint density at radius 1 is 0.879 bits per heavy atom. The molecule has 1 heterocycles. The highest BCUT2D eigenvalue weighted by Crippen LogP contribution is 2.32. The molecule has 1 fully saturated rings. The van der Waals surface area contributed by atoms with E-state index in [1.807, 2.05) is 12.1 Å². The Labute approximate surface area is 204 Å². The third-order valence-corrected chi connectivity index (χ3v) is 6.25. The van der Waals surface area contributed by atoms with Crippen molar-refractivity contribution < 1.29 is 19.1 Å². The average molecular weight is 498 g/mol. The number of benzene rings is 3. The molecule has 4 rings (SSSR count). The summed E-state index contributed by atoms with van der Waals surface area (Å²) in [6.45, 7) is 0.0815. The molecule has 3 aromatic rings. The van der Waals surface area contributed by atoms with Gasteiger partial charge in [-0.1, -0.05) is 47.5 Å². The van der Waals surface area contributed by atoms with Crippen LogP contribution in [0.15, 0.2) is 77.7 Å². The highest BCUT2D eigenvalue weighted by molar-refractivity contribution is 8.18. The van der Waals surface area contributed by atoms with Crippen molar-refractivity contribution in [1.29, 1.82) is 0 Å². The first-order valence-corrected chi connectivity index (χ1v) is 11.5. The van der Waals surface area contributed by atoms with Gasteiger partial charge in [-0.25, -0.2) is 0 Å². The van der Waals surface area contributed by atoms with Gasteiger partial charge in [-0.05, 0) is 77.5 Å². The van der Waals surface area contributed by atoms with E-state index in [4.69, 9.17) is 27.9 Å². The number of amides is 2. The largest absolute Gasteiger partial charge is 0.489 e. The normalized spacial score (nSPS) is 14.7. The molecule has 5 nitrogen and oxygen atoms in total. The predicted molar refractivity (Wildman–Crippen MR) is 131 cm³/mol. The number of carbonyl (C=O) groups excluding carboxylic acids is 3. The third-order valence-electron chi connectivity index (χ3n) is 4.84. The second kappa shape index (κ2) is 10.3. The molecule has 0 bridgehead atoms. The van der Waals surface area contributed by atoms with E-state index in [1.165, 1.54) is 0 Å². The molecule has 8 heteroatoms. The van der Waals surface area contributed by atoms with Gasteiger partial charge < -0.3 is 4.74 Å². The number of halogens is 2. The lowest BCUT2D eigenvalue weighted by Crippen LogP contribution is -2.33. The number of ketones is 1. The number of hydrogen-bond acceptors (Lipinski definition) is 5. The highest BCUT2D eigenvalue weighted by atomic mass is 35.5. The van der Waals surface area contributed by atoms with E-state index in [9.17, 15) is 14.4 Å². The van der Waals surface area contributed by atoms with Gasteiger partial charge in [0.25, 0.3) is 11.1 Å². The lowest BCUT2D eigenvalue weighted by molar-refractivity contribution is -0.122. The summed E-state index contributed by atoms with van der Waals surface area (Å²) in [4.78, 5) is 38.7. The van der Waals surface area contributed by atoms with Crippen LogP contribution in [0.3, 0.4) is 0 Å². The van der Waals surface area contributed by atoms with Gasteiger partial charge in [-0.3, -0.25) is 19.3 Å². The molecule has 0 spiro atoms. The summed E-state index contributed by atoms with van der Waals surface area (Å²) in [6, 6.07) is 20.9. The minimum Gasteiger partial charge on any atom is -0.489 e. The molecule has 1 aliphatic heterocycles. The van der Waals surface area contributed by atoms with Gasteiger partial charge in [0.2, 0.25) is 0 Å². The molecule has 1 aliphatic rings. The van der Waals surface area contributed by atoms with Crippen LogP contribution in [0, 0.1) is 0 Å². The maximum Gasteiger partial charge on any atom is 0.293 e. The van der Waals surface area contributed by atoms with Crippen molar-refractivity contribution in [3.8, 4) is 5.75 Å². The first-order valence-electron chi connectivity index (χ1n) is 9.90. The van der Waals surface area contributed by atoms with Gasteiger partial charge in [0, 0.05) is 15.6 Å². The van der Waals surface area contributed by atoms with Crippen molar-refractivity contribution >= 4 is 58.0 Å². The van der Waals surface area contributed by atoms with E-state index < -0.39 is 11.1 Å². The molecule has 0 N–H and O–H groups in total. The van der Waals surface area contributed by atoms with Crippen LogP contribution < -0.4 is 4.74 Å². The zero-order chi connectivity index (χ0) is 23.4. The number of carbonyl (C=O) groups is 3. The summed E-state index contributed by atoms with van der Waals surface area (Å²) in [6.07, 6.45) is 1.63. The molecule has 0 saturated carbocycles. The summed E-state index contributed by atoms with van der Waals surface area (Å²) in [5, 5.41) is 0.695. The van der Waals surface area contributed by atoms with Crippen molar-refractivity contribution in [3.63, 3.8) is 0 Å². The third kappa shape index (κ3) is 5.85. The van der Waals surface area contributed by atoms with Gasteiger partial charge in [-0.15, -0.1) is 0 Å². The smallest absolute Gasteiger partial charge is 0.293 e. The lowest BCUT2D eigenvalue weighted by Gasteiger charge is -2.11. The molecule has 0 aromatic heterocycles. The molecule has 166 valence electrons. The molecule has 2 amide bonds. The van der Waals surface area contributed by atoms with Crippen LogP contribution in [-0.4, -0.2) is 28.4 Å². The first-order chi connectivity index (χ1) is 15.9. The Bertz CT molecular complexity index is 1220. The van der Waals surface area contributed by atoms with Gasteiger partial charge in [0.1, 0.15) is 12.4 Å². The Balaban J connectivity index is 1.38. The molecular formula is C25H17Cl2NO4S. The SMILES string of the molecule is O=C(CN1C(=O)S/C(=C/c2ccc(OCc3ccc(Cl)cc3)cc2)C1=O)c1ccc(Cl)cc1. The van der Waals surface area contributed by atoms with Crippen molar-refractivity contribution in [3.05, 3.63) is 104 Å². The Kier molecular flexibility index (Phi) is 7.18. The molecule has 0 atom stereocenters. The molecule has 33 heavy (non-hydrogen) atoms. The van der Waals surface area contributed by atoms with Crippen molar-refractivity contribution in [2.45, 2.75) is 6.61 Å². The zero-order valence-electron chi connectivity index (χ0n) is 17.2. The topological polar surface area (TPSA) is 63.7 Å². The lowest BCUT2D eigenvalue weighted by atomic mass is 10.1. The number of Topliss-reactive ketones (excluding diaryl/α,β-unsaturated/α-hetero) is 1. The van der Waals surface area contributed by atoms with Crippen LogP contribution in [-0.2, 0) is 11.4 Å². The van der Waals surface area contributed by atoms with Crippen LogP contribution in [0.25, 0.3) is 6.08 Å². The van der Waals surface area contributed by atoms with Crippen LogP contribution in [0.1, 0.15) is 21.5 Å². The van der Waals surface area contributed by atoms with E-state index in [0.29, 0.717) is 28.0 Å². The van der Waals surface area contributed by atoms with E-state index in [-0.39, 0.29) is 17.2 Å². The number of nitrogens with zero attached hydrogens (tertiary/aromatic N) is 1. The summed E-state index contributed by atoms with van der Waals surface area (Å²) < 4.78 is 5.76. The maximum atomic E-state index is 12.7. The van der Waals surface area contributed by atoms with Crippen molar-refractivity contribution in [1.82, 2.24) is 4.90 Å². The number of ether oxygens (including phenoxy) is 1. The van der Waals surface area contributed by atoms with Crippen molar-refractivity contribution in [2.75, 3.05) is 6.54 Å². The van der Waals surface area contributed by atoms with Crippen molar-refractivity contribution in [2.24, 2.45) is 0 Å². The fourth-order valence-electron chi connectivity index (χ4n) is 3.07. The first kappa shape index (κ1) is 23.1. The monoisotopic (exact) mass is 497 g/mol. The van der Waals surface area contributed by atoms with Gasteiger partial charge >= 0.3 is 0 Å². The molecule has 1 saturated heterocycles. The fourth-order valence-corrected chi connectivity index (χ4v) is 4.16. The number of thioether (sulfide) groups is 1. The number of imide groups is 1. The second-order valence-corrected chi connectivity index (χ2v) is 9.05. The minimum absolute atomic E-state index is 0.263. The maximum absolute atomic E-state index is 12.7. The highest BCUT2D eigenvalue weighted by Gasteiger charge is 2.36. The quantitative estimate of drug-likeness (QED) is 0.275. The molecule has 3 aromatic carbocycles. The van der Waals surface area contributed by atoms with Crippen LogP contribution in [0.2, 0.25) is 10.0 Å². The summed E-state index contributed by atoms with van der Waals surface area (Å²) in [5.74, 6) is -0.156. The van der Waals surface area contributed by atoms with E-state index in [2.05, 4.69) is 0 Å². The van der Waals surface area contributed by atoms with E-state index in [1.54, 1.807) is 66.7 Å². The Hall–Kier alpha value is -3.06. The zero-order valence-corrected chi connectivity index (χ0v) is 19.5. The standard InChI is InChI=1S/C25H17Cl2NO4S/c26-19-7-1-17(2-8-19)15-32-21-11-3-16(4-12-21)13-23-24(30)28(25(31)33-23)14-22(29)18-5-9-20(27)10-6-18/h1-13H,14-15H2/b23-13+. The molecule has 0 radical (unpaired) electrons. The summed E-state index contributed by atoms with van der Waals surface area (Å²) in [5.41, 5.74) is 2.12. The Morgan fingerprint density at radius 3 is 2.12 bits per heavy atom. The average Bonchev–Trinajstić information content (AvgIpc) is 3.07. The second-order valence-electron chi connectivity index (χ2n) is 7.18. The van der Waals surface area contributed by atoms with Gasteiger partial charge in [-0.2, -0.15) is 0 Å². The minimum atomic E-state index is -0.490. The number of hydrogen-bond donors (Lipinski definition) is 0. The molecule has 0 unspecified atom stereocenters. The van der Waals surface area contributed by atoms with Crippen LogP contribution in [0.4, 0.5) is 4.79 Å². The number of rotatable bonds is 7. The fraction of sp³-hybridized carbons (Fsp3) is 0.0800. The molecule has 0 aliphatic carbocycles. The van der Waals surface area contributed by atoms with Crippen LogP contribution >= 0.6 is 35.0 Å². The van der Waals surface area contributed by atoms with E-state index in [0.717, 1.165) is 27.8 Å². The van der Waals surface area contributed by atoms with E-state index >= 15 is 0 Å². The van der Waals surface area contributed by atoms with Crippen LogP contribution in [0.5, 0.6) is 5.75 Å². The van der Waals surface area contributed by atoms with Gasteiger partial charge in [0.15, 0.2) is 5.78 Å². The molecular weight excluding hydrogens is 481 g/mol. The summed E-state index contributed by atoms with van der Waals surface area (Å²) >= 11 is 12.5. The van der Waals surface area contributed by atoms with Gasteiger partial charge in [0.05, 0.1) is 11.4 Å². The Morgan fingerprint density at radius 2 is 1.48 bits per heavy atom.